The second-order valence-corrected chi connectivity index (χ2v) is 6.78. The molecule has 146 valence electrons. The number of amides is 2. The summed E-state index contributed by atoms with van der Waals surface area (Å²) in [6.07, 6.45) is -1.87. The Morgan fingerprint density at radius 1 is 1.38 bits per heavy atom. The highest BCUT2D eigenvalue weighted by atomic mass is 35.5. The Hall–Kier alpha value is -1.67. The van der Waals surface area contributed by atoms with E-state index in [-0.39, 0.29) is 26.2 Å². The van der Waals surface area contributed by atoms with Gasteiger partial charge in [0, 0.05) is 0 Å². The van der Waals surface area contributed by atoms with Gasteiger partial charge in [0.15, 0.2) is 5.79 Å². The quantitative estimate of drug-likeness (QED) is 0.573. The number of aliphatic hydroxyl groups is 2. The maximum Gasteiger partial charge on any atom is 0.416 e. The summed E-state index contributed by atoms with van der Waals surface area (Å²) in [5.41, 5.74) is 1.32. The summed E-state index contributed by atoms with van der Waals surface area (Å²) >= 11 is 5.81. The minimum atomic E-state index is -1.32. The highest BCUT2D eigenvalue weighted by molar-refractivity contribution is 6.32. The highest BCUT2D eigenvalue weighted by Gasteiger charge is 2.35. The Morgan fingerprint density at radius 2 is 2.00 bits per heavy atom. The van der Waals surface area contributed by atoms with Crippen LogP contribution in [0.15, 0.2) is 30.3 Å². The molecule has 0 radical (unpaired) electrons. The van der Waals surface area contributed by atoms with Crippen molar-refractivity contribution in [2.24, 2.45) is 0 Å². The number of benzene rings is 1. The molecular weight excluding hydrogens is 362 g/mol. The summed E-state index contributed by atoms with van der Waals surface area (Å²) in [4.78, 5) is 23.8. The second-order valence-electron chi connectivity index (χ2n) is 6.31. The van der Waals surface area contributed by atoms with Crippen LogP contribution >= 0.6 is 11.6 Å². The molecular formula is C18H26ClNO6. The minimum Gasteiger partial charge on any atom is -0.447 e. The van der Waals surface area contributed by atoms with Crippen molar-refractivity contribution in [1.82, 2.24) is 4.90 Å². The van der Waals surface area contributed by atoms with E-state index in [0.717, 1.165) is 4.90 Å². The molecule has 1 aromatic carbocycles. The molecule has 1 aromatic rings. The minimum absolute atomic E-state index is 0.0333. The van der Waals surface area contributed by atoms with Gasteiger partial charge in [-0.05, 0) is 27.2 Å². The van der Waals surface area contributed by atoms with E-state index in [1.807, 2.05) is 18.2 Å². The van der Waals surface area contributed by atoms with Gasteiger partial charge in [-0.25, -0.2) is 9.69 Å². The fourth-order valence-electron chi connectivity index (χ4n) is 2.02. The van der Waals surface area contributed by atoms with Gasteiger partial charge in [-0.15, -0.1) is 11.6 Å². The zero-order chi connectivity index (χ0) is 19.7. The fourth-order valence-corrected chi connectivity index (χ4v) is 2.26. The van der Waals surface area contributed by atoms with Crippen LogP contribution in [0, 0.1) is 6.92 Å². The maximum atomic E-state index is 11.8. The van der Waals surface area contributed by atoms with E-state index in [2.05, 4.69) is 23.8 Å². The number of carbonyl (C=O) groups is 2. The molecule has 2 atom stereocenters. The molecule has 0 aromatic heterocycles. The van der Waals surface area contributed by atoms with E-state index in [1.54, 1.807) is 0 Å². The summed E-state index contributed by atoms with van der Waals surface area (Å²) < 4.78 is 9.61. The summed E-state index contributed by atoms with van der Waals surface area (Å²) in [5, 5.41) is 17.8. The molecule has 1 heterocycles. The Bertz CT molecular complexity index is 575. The Kier molecular flexibility index (Phi) is 9.01. The number of aliphatic hydroxyl groups excluding tert-OH is 1. The number of halogens is 1. The lowest BCUT2D eigenvalue weighted by atomic mass is 10.1. The molecule has 7 nitrogen and oxygen atoms in total. The number of rotatable bonds is 6. The van der Waals surface area contributed by atoms with Crippen LogP contribution < -0.4 is 0 Å². The van der Waals surface area contributed by atoms with Gasteiger partial charge in [-0.3, -0.25) is 4.79 Å². The van der Waals surface area contributed by atoms with E-state index in [0.29, 0.717) is 0 Å². The van der Waals surface area contributed by atoms with Gasteiger partial charge >= 0.3 is 6.09 Å². The average molecular weight is 388 g/mol. The predicted molar refractivity (Wildman–Crippen MR) is 96.8 cm³/mol. The Labute approximate surface area is 158 Å². The molecule has 8 heteroatoms. The monoisotopic (exact) mass is 387 g/mol. The van der Waals surface area contributed by atoms with Crippen LogP contribution in [0.5, 0.6) is 0 Å². The number of alkyl halides is 1. The summed E-state index contributed by atoms with van der Waals surface area (Å²) in [6.45, 7) is 5.28. The van der Waals surface area contributed by atoms with Crippen molar-refractivity contribution in [2.45, 2.75) is 44.5 Å². The van der Waals surface area contributed by atoms with Gasteiger partial charge < -0.3 is 19.7 Å². The predicted octanol–water partition coefficient (Wildman–Crippen LogP) is 2.06. The molecule has 2 amide bonds. The first-order valence-electron chi connectivity index (χ1n) is 8.30. The molecule has 26 heavy (non-hydrogen) atoms. The van der Waals surface area contributed by atoms with E-state index in [9.17, 15) is 19.8 Å². The van der Waals surface area contributed by atoms with Crippen LogP contribution in [0.25, 0.3) is 0 Å². The van der Waals surface area contributed by atoms with Crippen molar-refractivity contribution in [1.29, 1.82) is 0 Å². The molecule has 0 bridgehead atoms. The van der Waals surface area contributed by atoms with Crippen LogP contribution in [-0.4, -0.2) is 64.1 Å². The van der Waals surface area contributed by atoms with Crippen LogP contribution in [0.3, 0.4) is 0 Å². The number of ether oxygens (including phenoxy) is 2. The molecule has 2 unspecified atom stereocenters. The first kappa shape index (κ1) is 22.4. The lowest BCUT2D eigenvalue weighted by Crippen LogP contribution is -2.43. The van der Waals surface area contributed by atoms with Gasteiger partial charge in [-0.1, -0.05) is 35.9 Å². The summed E-state index contributed by atoms with van der Waals surface area (Å²) in [5.74, 6) is -2.01. The zero-order valence-corrected chi connectivity index (χ0v) is 16.0. The van der Waals surface area contributed by atoms with E-state index in [1.165, 1.54) is 19.4 Å². The standard InChI is InChI=1S/C11H18ClNO6.C7H8/c1-11(2,17)19-5-3-7(14)8(12)9(15)13-4-6-18-10(13)16;1-7-5-3-2-4-6-7/h7-8,14,17H,3-6H2,1-2H3;2-6H,1H3. The van der Waals surface area contributed by atoms with Gasteiger partial charge in [0.05, 0.1) is 19.3 Å². The zero-order valence-electron chi connectivity index (χ0n) is 15.2. The van der Waals surface area contributed by atoms with Gasteiger partial charge in [0.2, 0.25) is 0 Å². The first-order valence-corrected chi connectivity index (χ1v) is 8.73. The van der Waals surface area contributed by atoms with Crippen LogP contribution in [0.1, 0.15) is 25.8 Å². The molecule has 0 spiro atoms. The van der Waals surface area contributed by atoms with Crippen molar-refractivity contribution >= 4 is 23.6 Å². The Morgan fingerprint density at radius 3 is 2.42 bits per heavy atom. The number of aryl methyl sites for hydroxylation is 1. The van der Waals surface area contributed by atoms with Crippen molar-refractivity contribution in [2.75, 3.05) is 19.8 Å². The molecule has 1 aliphatic rings. The summed E-state index contributed by atoms with van der Waals surface area (Å²) in [7, 11) is 0. The largest absolute Gasteiger partial charge is 0.447 e. The molecule has 0 saturated carbocycles. The highest BCUT2D eigenvalue weighted by Crippen LogP contribution is 2.15. The third-order valence-corrected chi connectivity index (χ3v) is 3.89. The molecule has 1 aliphatic heterocycles. The topological polar surface area (TPSA) is 96.3 Å². The molecule has 1 fully saturated rings. The van der Waals surface area contributed by atoms with Gasteiger partial charge in [0.1, 0.15) is 12.0 Å². The van der Waals surface area contributed by atoms with Crippen LogP contribution in [-0.2, 0) is 14.3 Å². The van der Waals surface area contributed by atoms with E-state index < -0.39 is 29.3 Å². The van der Waals surface area contributed by atoms with Crippen molar-refractivity contribution in [3.05, 3.63) is 35.9 Å². The number of nitrogens with zero attached hydrogens (tertiary/aromatic N) is 1. The fraction of sp³-hybridized carbons (Fsp3) is 0.556. The lowest BCUT2D eigenvalue weighted by molar-refractivity contribution is -0.179. The third kappa shape index (κ3) is 8.14. The SMILES string of the molecule is CC(C)(O)OCCC(O)C(Cl)C(=O)N1CCOC1=O.Cc1ccccc1. The van der Waals surface area contributed by atoms with Gasteiger partial charge in [-0.2, -0.15) is 0 Å². The van der Waals surface area contributed by atoms with Crippen LogP contribution in [0.2, 0.25) is 0 Å². The third-order valence-electron chi connectivity index (χ3n) is 3.41. The van der Waals surface area contributed by atoms with Crippen molar-refractivity contribution in [3.63, 3.8) is 0 Å². The van der Waals surface area contributed by atoms with Gasteiger partial charge in [0.25, 0.3) is 5.91 Å². The Balaban J connectivity index is 0.000000401. The van der Waals surface area contributed by atoms with Crippen molar-refractivity contribution < 1.29 is 29.3 Å². The van der Waals surface area contributed by atoms with Crippen LogP contribution in [0.4, 0.5) is 4.79 Å². The number of carbonyl (C=O) groups excluding carboxylic acids is 2. The number of cyclic esters (lactones) is 1. The lowest BCUT2D eigenvalue weighted by Gasteiger charge is -2.22. The molecule has 0 aliphatic carbocycles. The number of hydrogen-bond donors (Lipinski definition) is 2. The van der Waals surface area contributed by atoms with E-state index in [4.69, 9.17) is 16.3 Å². The maximum absolute atomic E-state index is 11.8. The second kappa shape index (κ2) is 10.5. The molecule has 1 saturated heterocycles. The summed E-state index contributed by atoms with van der Waals surface area (Å²) in [6, 6.07) is 10.3. The average Bonchev–Trinajstić information content (AvgIpc) is 2.99. The number of imide groups is 1. The van der Waals surface area contributed by atoms with E-state index >= 15 is 0 Å². The first-order chi connectivity index (χ1) is 12.1. The number of hydrogen-bond acceptors (Lipinski definition) is 6. The van der Waals surface area contributed by atoms with Crippen molar-refractivity contribution in [3.8, 4) is 0 Å². The molecule has 2 N–H and O–H groups in total. The molecule has 2 rings (SSSR count). The smallest absolute Gasteiger partial charge is 0.416 e. The normalized spacial score (nSPS) is 16.4.